The maximum atomic E-state index is 9.27. The van der Waals surface area contributed by atoms with Crippen molar-refractivity contribution in [3.8, 4) is 6.07 Å². The molecule has 0 spiro atoms. The first kappa shape index (κ1) is 14.3. The lowest BCUT2D eigenvalue weighted by Crippen LogP contribution is -2.46. The fourth-order valence-corrected chi connectivity index (χ4v) is 3.39. The van der Waals surface area contributed by atoms with Crippen molar-refractivity contribution < 1.29 is 0 Å². The Labute approximate surface area is 126 Å². The molecule has 1 unspecified atom stereocenters. The standard InChI is InChI=1S/C16H23N5/c1-12-2-3-13(10-17)16(19-12)21-9-6-15(11-21)20-7-4-14(18)5-8-20/h2-3,14-15H,4-9,11,18H2,1H3. The third-order valence-electron chi connectivity index (χ3n) is 4.69. The van der Waals surface area contributed by atoms with Gasteiger partial charge in [-0.15, -0.1) is 0 Å². The lowest BCUT2D eigenvalue weighted by atomic mass is 10.0. The van der Waals surface area contributed by atoms with E-state index in [1.165, 1.54) is 0 Å². The van der Waals surface area contributed by atoms with Crippen LogP contribution < -0.4 is 10.6 Å². The van der Waals surface area contributed by atoms with E-state index in [0.717, 1.165) is 57.0 Å². The van der Waals surface area contributed by atoms with E-state index in [1.54, 1.807) is 0 Å². The van der Waals surface area contributed by atoms with Gasteiger partial charge in [0.05, 0.1) is 5.56 Å². The zero-order valence-electron chi connectivity index (χ0n) is 12.6. The van der Waals surface area contributed by atoms with Crippen LogP contribution >= 0.6 is 0 Å². The predicted octanol–water partition coefficient (Wildman–Crippen LogP) is 1.26. The van der Waals surface area contributed by atoms with E-state index in [-0.39, 0.29) is 0 Å². The molecule has 112 valence electrons. The molecule has 21 heavy (non-hydrogen) atoms. The Morgan fingerprint density at radius 2 is 2.00 bits per heavy atom. The highest BCUT2D eigenvalue weighted by molar-refractivity contribution is 5.55. The van der Waals surface area contributed by atoms with Crippen LogP contribution in [-0.2, 0) is 0 Å². The van der Waals surface area contributed by atoms with Crippen molar-refractivity contribution in [3.63, 3.8) is 0 Å². The van der Waals surface area contributed by atoms with Crippen LogP contribution in [0.3, 0.4) is 0 Å². The largest absolute Gasteiger partial charge is 0.354 e. The van der Waals surface area contributed by atoms with Crippen molar-refractivity contribution in [1.82, 2.24) is 9.88 Å². The number of aromatic nitrogens is 1. The normalized spacial score (nSPS) is 24.2. The molecule has 3 heterocycles. The Morgan fingerprint density at radius 1 is 1.24 bits per heavy atom. The molecular formula is C16H23N5. The molecule has 2 aliphatic heterocycles. The van der Waals surface area contributed by atoms with Crippen LogP contribution in [0.4, 0.5) is 5.82 Å². The number of nitrogens with two attached hydrogens (primary N) is 1. The molecule has 0 saturated carbocycles. The van der Waals surface area contributed by atoms with Crippen LogP contribution in [0.1, 0.15) is 30.5 Å². The first-order valence-corrected chi connectivity index (χ1v) is 7.79. The van der Waals surface area contributed by atoms with Crippen LogP contribution in [0.25, 0.3) is 0 Å². The predicted molar refractivity (Wildman–Crippen MR) is 83.1 cm³/mol. The van der Waals surface area contributed by atoms with Gasteiger partial charge in [0.15, 0.2) is 0 Å². The van der Waals surface area contributed by atoms with Crippen molar-refractivity contribution in [3.05, 3.63) is 23.4 Å². The maximum Gasteiger partial charge on any atom is 0.146 e. The van der Waals surface area contributed by atoms with Crippen LogP contribution in [0, 0.1) is 18.3 Å². The lowest BCUT2D eigenvalue weighted by molar-refractivity contribution is 0.163. The fourth-order valence-electron chi connectivity index (χ4n) is 3.39. The second-order valence-corrected chi connectivity index (χ2v) is 6.20. The molecule has 2 aliphatic rings. The van der Waals surface area contributed by atoms with Crippen molar-refractivity contribution in [2.75, 3.05) is 31.1 Å². The molecule has 3 rings (SSSR count). The summed E-state index contributed by atoms with van der Waals surface area (Å²) >= 11 is 0. The van der Waals surface area contributed by atoms with Gasteiger partial charge in [-0.3, -0.25) is 4.90 Å². The molecule has 0 radical (unpaired) electrons. The van der Waals surface area contributed by atoms with Gasteiger partial charge in [-0.25, -0.2) is 4.98 Å². The molecule has 5 heteroatoms. The summed E-state index contributed by atoms with van der Waals surface area (Å²) in [5.41, 5.74) is 7.64. The highest BCUT2D eigenvalue weighted by Crippen LogP contribution is 2.26. The van der Waals surface area contributed by atoms with Crippen LogP contribution in [0.5, 0.6) is 0 Å². The second kappa shape index (κ2) is 6.00. The molecular weight excluding hydrogens is 262 g/mol. The minimum atomic E-state index is 0.377. The van der Waals surface area contributed by atoms with Crippen molar-refractivity contribution in [1.29, 1.82) is 5.26 Å². The summed E-state index contributed by atoms with van der Waals surface area (Å²) < 4.78 is 0. The molecule has 0 aromatic carbocycles. The molecule has 1 aromatic heterocycles. The van der Waals surface area contributed by atoms with E-state index in [4.69, 9.17) is 5.73 Å². The lowest BCUT2D eigenvalue weighted by Gasteiger charge is -2.34. The Balaban J connectivity index is 1.70. The second-order valence-electron chi connectivity index (χ2n) is 6.20. The third kappa shape index (κ3) is 3.02. The van der Waals surface area contributed by atoms with Gasteiger partial charge < -0.3 is 10.6 Å². The van der Waals surface area contributed by atoms with Gasteiger partial charge in [0.25, 0.3) is 0 Å². The molecule has 2 saturated heterocycles. The van der Waals surface area contributed by atoms with Crippen LogP contribution in [0.2, 0.25) is 0 Å². The minimum Gasteiger partial charge on any atom is -0.354 e. The van der Waals surface area contributed by atoms with Gasteiger partial charge in [0, 0.05) is 30.9 Å². The maximum absolute atomic E-state index is 9.27. The van der Waals surface area contributed by atoms with E-state index in [1.807, 2.05) is 19.1 Å². The summed E-state index contributed by atoms with van der Waals surface area (Å²) in [4.78, 5) is 9.41. The van der Waals surface area contributed by atoms with Gasteiger partial charge >= 0.3 is 0 Å². The van der Waals surface area contributed by atoms with E-state index < -0.39 is 0 Å². The van der Waals surface area contributed by atoms with Gasteiger partial charge in [0.2, 0.25) is 0 Å². The average molecular weight is 285 g/mol. The molecule has 1 aromatic rings. The molecule has 0 aliphatic carbocycles. The Hall–Kier alpha value is -1.64. The number of hydrogen-bond acceptors (Lipinski definition) is 5. The number of anilines is 1. The summed E-state index contributed by atoms with van der Waals surface area (Å²) in [6.45, 7) is 6.14. The zero-order valence-corrected chi connectivity index (χ0v) is 12.6. The van der Waals surface area contributed by atoms with E-state index in [2.05, 4.69) is 20.9 Å². The Bertz CT molecular complexity index is 542. The number of likely N-dealkylation sites (tertiary alicyclic amines) is 1. The third-order valence-corrected chi connectivity index (χ3v) is 4.69. The smallest absolute Gasteiger partial charge is 0.146 e. The number of nitrogens with zero attached hydrogens (tertiary/aromatic N) is 4. The first-order chi connectivity index (χ1) is 10.2. The zero-order chi connectivity index (χ0) is 14.8. The summed E-state index contributed by atoms with van der Waals surface area (Å²) in [6.07, 6.45) is 3.35. The van der Waals surface area contributed by atoms with Crippen LogP contribution in [0.15, 0.2) is 12.1 Å². The molecule has 5 nitrogen and oxygen atoms in total. The molecule has 0 bridgehead atoms. The molecule has 0 amide bonds. The Morgan fingerprint density at radius 3 is 2.71 bits per heavy atom. The highest BCUT2D eigenvalue weighted by Gasteiger charge is 2.31. The summed E-state index contributed by atoms with van der Waals surface area (Å²) in [6, 6.07) is 7.00. The molecule has 1 atom stereocenters. The van der Waals surface area contributed by atoms with Gasteiger partial charge in [-0.05, 0) is 51.4 Å². The number of aryl methyl sites for hydroxylation is 1. The van der Waals surface area contributed by atoms with E-state index in [9.17, 15) is 5.26 Å². The number of hydrogen-bond donors (Lipinski definition) is 1. The monoisotopic (exact) mass is 285 g/mol. The summed E-state index contributed by atoms with van der Waals surface area (Å²) in [7, 11) is 0. The van der Waals surface area contributed by atoms with Gasteiger partial charge in [0.1, 0.15) is 11.9 Å². The average Bonchev–Trinajstić information content (AvgIpc) is 2.97. The topological polar surface area (TPSA) is 69.2 Å². The van der Waals surface area contributed by atoms with E-state index in [0.29, 0.717) is 17.6 Å². The molecule has 2 fully saturated rings. The van der Waals surface area contributed by atoms with Crippen molar-refractivity contribution in [2.24, 2.45) is 5.73 Å². The number of pyridine rings is 1. The Kier molecular flexibility index (Phi) is 4.09. The van der Waals surface area contributed by atoms with Crippen LogP contribution in [-0.4, -0.2) is 48.1 Å². The quantitative estimate of drug-likeness (QED) is 0.886. The van der Waals surface area contributed by atoms with Gasteiger partial charge in [-0.1, -0.05) is 0 Å². The molecule has 2 N–H and O–H groups in total. The van der Waals surface area contributed by atoms with E-state index >= 15 is 0 Å². The number of nitriles is 1. The number of piperidine rings is 1. The van der Waals surface area contributed by atoms with Crippen molar-refractivity contribution in [2.45, 2.75) is 38.3 Å². The SMILES string of the molecule is Cc1ccc(C#N)c(N2CCC(N3CCC(N)CC3)C2)n1. The van der Waals surface area contributed by atoms with Crippen molar-refractivity contribution >= 4 is 5.82 Å². The fraction of sp³-hybridized carbons (Fsp3) is 0.625. The highest BCUT2D eigenvalue weighted by atomic mass is 15.3. The van der Waals surface area contributed by atoms with Gasteiger partial charge in [-0.2, -0.15) is 5.26 Å². The minimum absolute atomic E-state index is 0.377. The summed E-state index contributed by atoms with van der Waals surface area (Å²) in [5.74, 6) is 0.855. The summed E-state index contributed by atoms with van der Waals surface area (Å²) in [5, 5.41) is 9.27. The number of rotatable bonds is 2. The first-order valence-electron chi connectivity index (χ1n) is 7.79.